The van der Waals surface area contributed by atoms with E-state index in [4.69, 9.17) is 26.4 Å². The van der Waals surface area contributed by atoms with Crippen LogP contribution in [-0.2, 0) is 4.74 Å². The maximum absolute atomic E-state index is 5.64. The van der Waals surface area contributed by atoms with E-state index in [1.807, 2.05) is 18.2 Å². The second kappa shape index (κ2) is 8.20. The molecule has 5 heteroatoms. The molecule has 0 aromatic heterocycles. The van der Waals surface area contributed by atoms with E-state index in [9.17, 15) is 0 Å². The van der Waals surface area contributed by atoms with Gasteiger partial charge in [-0.1, -0.05) is 12.2 Å². The van der Waals surface area contributed by atoms with Crippen LogP contribution in [-0.4, -0.2) is 50.4 Å². The molecule has 1 aromatic carbocycles. The number of rotatable bonds is 6. The zero-order valence-electron chi connectivity index (χ0n) is 12.8. The molecule has 0 aliphatic carbocycles. The highest BCUT2D eigenvalue weighted by Crippen LogP contribution is 2.29. The molecule has 0 amide bonds. The summed E-state index contributed by atoms with van der Waals surface area (Å²) in [5.74, 6) is 1.43. The number of methoxy groups -OCH3 is 2. The summed E-state index contributed by atoms with van der Waals surface area (Å²) in [5, 5.41) is 0. The van der Waals surface area contributed by atoms with Gasteiger partial charge in [0.1, 0.15) is 11.6 Å². The molecule has 21 heavy (non-hydrogen) atoms. The highest BCUT2D eigenvalue weighted by atomic mass is 32.1. The molecule has 0 radical (unpaired) electrons. The highest BCUT2D eigenvalue weighted by Gasteiger charge is 2.16. The molecule has 1 saturated heterocycles. The fraction of sp³-hybridized carbons (Fsp3) is 0.562. The van der Waals surface area contributed by atoms with Gasteiger partial charge in [0, 0.05) is 25.8 Å². The fourth-order valence-electron chi connectivity index (χ4n) is 2.43. The number of benzene rings is 1. The van der Waals surface area contributed by atoms with E-state index in [1.165, 1.54) is 19.3 Å². The smallest absolute Gasteiger partial charge is 0.161 e. The zero-order chi connectivity index (χ0) is 15.1. The molecule has 1 fully saturated rings. The van der Waals surface area contributed by atoms with E-state index < -0.39 is 0 Å². The van der Waals surface area contributed by atoms with Gasteiger partial charge in [0.2, 0.25) is 0 Å². The Bertz CT molecular complexity index is 473. The average Bonchev–Trinajstić information content (AvgIpc) is 2.55. The van der Waals surface area contributed by atoms with E-state index in [-0.39, 0.29) is 0 Å². The number of nitrogens with zero attached hydrogens (tertiary/aromatic N) is 1. The molecule has 1 heterocycles. The van der Waals surface area contributed by atoms with Gasteiger partial charge in [0.05, 0.1) is 13.7 Å². The number of likely N-dealkylation sites (tertiary alicyclic amines) is 1. The van der Waals surface area contributed by atoms with Gasteiger partial charge in [-0.05, 0) is 37.5 Å². The summed E-state index contributed by atoms with van der Waals surface area (Å²) in [6.07, 6.45) is 3.74. The van der Waals surface area contributed by atoms with Crippen molar-refractivity contribution in [2.75, 3.05) is 40.5 Å². The summed E-state index contributed by atoms with van der Waals surface area (Å²) in [5.41, 5.74) is 1.02. The Balaban J connectivity index is 2.08. The van der Waals surface area contributed by atoms with Gasteiger partial charge < -0.3 is 19.1 Å². The number of hydrogen-bond donors (Lipinski definition) is 0. The van der Waals surface area contributed by atoms with E-state index in [0.29, 0.717) is 19.0 Å². The molecular formula is C16H23NO3S. The Morgan fingerprint density at radius 1 is 1.10 bits per heavy atom. The van der Waals surface area contributed by atoms with Crippen molar-refractivity contribution in [1.82, 2.24) is 4.90 Å². The third-order valence-electron chi connectivity index (χ3n) is 3.60. The quantitative estimate of drug-likeness (QED) is 0.596. The van der Waals surface area contributed by atoms with Crippen molar-refractivity contribution in [2.24, 2.45) is 0 Å². The molecule has 1 aromatic rings. The summed E-state index contributed by atoms with van der Waals surface area (Å²) in [4.78, 5) is 3.18. The van der Waals surface area contributed by atoms with Crippen LogP contribution >= 0.6 is 12.2 Å². The molecule has 0 bridgehead atoms. The van der Waals surface area contributed by atoms with Crippen LogP contribution in [0.5, 0.6) is 11.5 Å². The first-order valence-electron chi connectivity index (χ1n) is 7.35. The van der Waals surface area contributed by atoms with Crippen LogP contribution in [0.3, 0.4) is 0 Å². The Morgan fingerprint density at radius 2 is 1.86 bits per heavy atom. The minimum absolute atomic E-state index is 0.503. The van der Waals surface area contributed by atoms with Crippen LogP contribution in [0.2, 0.25) is 0 Å². The number of hydrogen-bond acceptors (Lipinski definition) is 4. The molecule has 0 N–H and O–H groups in total. The monoisotopic (exact) mass is 309 g/mol. The Morgan fingerprint density at radius 3 is 2.52 bits per heavy atom. The Kier molecular flexibility index (Phi) is 6.26. The second-order valence-corrected chi connectivity index (χ2v) is 5.45. The van der Waals surface area contributed by atoms with Crippen molar-refractivity contribution in [3.63, 3.8) is 0 Å². The van der Waals surface area contributed by atoms with Gasteiger partial charge in [-0.25, -0.2) is 0 Å². The van der Waals surface area contributed by atoms with Crippen molar-refractivity contribution < 1.29 is 14.2 Å². The van der Waals surface area contributed by atoms with Crippen LogP contribution in [0.15, 0.2) is 18.2 Å². The molecule has 0 unspecified atom stereocenters. The molecule has 0 spiro atoms. The van der Waals surface area contributed by atoms with Gasteiger partial charge in [-0.15, -0.1) is 0 Å². The molecule has 1 aliphatic heterocycles. The first-order valence-corrected chi connectivity index (χ1v) is 7.76. The lowest BCUT2D eigenvalue weighted by Gasteiger charge is -2.29. The number of piperidine rings is 1. The predicted molar refractivity (Wildman–Crippen MR) is 87.5 cm³/mol. The average molecular weight is 309 g/mol. The largest absolute Gasteiger partial charge is 0.493 e. The first kappa shape index (κ1) is 16.0. The molecular weight excluding hydrogens is 286 g/mol. The maximum Gasteiger partial charge on any atom is 0.161 e. The number of ether oxygens (including phenoxy) is 3. The third kappa shape index (κ3) is 4.32. The molecule has 1 aliphatic rings. The van der Waals surface area contributed by atoms with Gasteiger partial charge in [-0.2, -0.15) is 0 Å². The van der Waals surface area contributed by atoms with E-state index in [2.05, 4.69) is 4.90 Å². The van der Waals surface area contributed by atoms with Crippen molar-refractivity contribution in [2.45, 2.75) is 19.3 Å². The Labute approximate surface area is 132 Å². The molecule has 116 valence electrons. The van der Waals surface area contributed by atoms with Gasteiger partial charge >= 0.3 is 0 Å². The van der Waals surface area contributed by atoms with Gasteiger partial charge in [0.15, 0.2) is 11.5 Å². The van der Waals surface area contributed by atoms with Gasteiger partial charge in [0.25, 0.3) is 0 Å². The van der Waals surface area contributed by atoms with Crippen LogP contribution < -0.4 is 9.47 Å². The van der Waals surface area contributed by atoms with Crippen molar-refractivity contribution in [1.29, 1.82) is 0 Å². The molecule has 2 rings (SSSR count). The lowest BCUT2D eigenvalue weighted by Crippen LogP contribution is -2.34. The predicted octanol–water partition coefficient (Wildman–Crippen LogP) is 2.88. The standard InChI is InChI=1S/C16H23NO3S/c1-18-10-11-20-14-7-6-13(12-15(14)19-2)16(21)17-8-4-3-5-9-17/h6-7,12H,3-5,8-11H2,1-2H3. The maximum atomic E-state index is 5.64. The van der Waals surface area contributed by atoms with Crippen LogP contribution in [0.1, 0.15) is 24.8 Å². The third-order valence-corrected chi connectivity index (χ3v) is 4.09. The molecule has 4 nitrogen and oxygen atoms in total. The second-order valence-electron chi connectivity index (χ2n) is 5.06. The normalized spacial score (nSPS) is 14.9. The minimum Gasteiger partial charge on any atom is -0.493 e. The summed E-state index contributed by atoms with van der Waals surface area (Å²) < 4.78 is 16.0. The summed E-state index contributed by atoms with van der Waals surface area (Å²) >= 11 is 5.61. The van der Waals surface area contributed by atoms with E-state index >= 15 is 0 Å². The van der Waals surface area contributed by atoms with Crippen LogP contribution in [0.25, 0.3) is 0 Å². The lowest BCUT2D eigenvalue weighted by molar-refractivity contribution is 0.144. The van der Waals surface area contributed by atoms with E-state index in [0.717, 1.165) is 29.4 Å². The van der Waals surface area contributed by atoms with Crippen LogP contribution in [0.4, 0.5) is 0 Å². The lowest BCUT2D eigenvalue weighted by atomic mass is 10.1. The minimum atomic E-state index is 0.503. The fourth-order valence-corrected chi connectivity index (χ4v) is 2.74. The number of thiocarbonyl (C=S) groups is 1. The summed E-state index contributed by atoms with van der Waals surface area (Å²) in [7, 11) is 3.30. The first-order chi connectivity index (χ1) is 10.3. The van der Waals surface area contributed by atoms with Crippen molar-refractivity contribution >= 4 is 17.2 Å². The summed E-state index contributed by atoms with van der Waals surface area (Å²) in [6, 6.07) is 5.88. The van der Waals surface area contributed by atoms with E-state index in [1.54, 1.807) is 14.2 Å². The molecule has 0 saturated carbocycles. The topological polar surface area (TPSA) is 30.9 Å². The zero-order valence-corrected chi connectivity index (χ0v) is 13.6. The Hall–Kier alpha value is -1.33. The van der Waals surface area contributed by atoms with Crippen molar-refractivity contribution in [3.8, 4) is 11.5 Å². The highest BCUT2D eigenvalue weighted by molar-refractivity contribution is 7.80. The van der Waals surface area contributed by atoms with Gasteiger partial charge in [-0.3, -0.25) is 0 Å². The van der Waals surface area contributed by atoms with Crippen LogP contribution in [0, 0.1) is 0 Å². The van der Waals surface area contributed by atoms with Crippen molar-refractivity contribution in [3.05, 3.63) is 23.8 Å². The molecule has 0 atom stereocenters. The SMILES string of the molecule is COCCOc1ccc(C(=S)N2CCCCC2)cc1OC. The summed E-state index contributed by atoms with van der Waals surface area (Å²) in [6.45, 7) is 3.15.